The highest BCUT2D eigenvalue weighted by atomic mass is 35.5. The summed E-state index contributed by atoms with van der Waals surface area (Å²) in [5.74, 6) is 3.99. The minimum Gasteiger partial charge on any atom is -0.494 e. The van der Waals surface area contributed by atoms with Crippen LogP contribution in [0.1, 0.15) is 350 Å². The maximum Gasteiger partial charge on any atom is 0.335 e. The largest absolute Gasteiger partial charge is 0.494 e. The third-order valence-electron chi connectivity index (χ3n) is 25.1. The number of ether oxygens (including phenoxy) is 3. The first-order valence-electron chi connectivity index (χ1n) is 51.1. The van der Waals surface area contributed by atoms with Crippen LogP contribution in [-0.2, 0) is 80.1 Å². The molecule has 0 aliphatic carbocycles. The Bertz CT molecular complexity index is 4860. The fourth-order valence-electron chi connectivity index (χ4n) is 17.3. The van der Waals surface area contributed by atoms with Gasteiger partial charge in [-0.25, -0.2) is 23.4 Å². The number of rotatable bonds is 58. The number of fused-ring (bicyclic) bond motifs is 2. The van der Waals surface area contributed by atoms with Crippen LogP contribution in [-0.4, -0.2) is 103 Å². The number of aliphatic imine (C=N–C) groups is 1. The summed E-state index contributed by atoms with van der Waals surface area (Å²) >= 11 is 11.9. The number of benzene rings is 7. The summed E-state index contributed by atoms with van der Waals surface area (Å²) in [4.78, 5) is 20.2. The zero-order chi connectivity index (χ0) is 94.6. The van der Waals surface area contributed by atoms with Crippen LogP contribution in [0.5, 0.6) is 17.2 Å². The average Bonchev–Trinajstić information content (AvgIpc) is 1.56. The number of aryl methyl sites for hydroxylation is 8. The topological polar surface area (TPSA) is 159 Å². The minimum absolute atomic E-state index is 0.432. The normalized spacial score (nSPS) is 11.8. The van der Waals surface area contributed by atoms with Crippen molar-refractivity contribution in [3.63, 3.8) is 0 Å². The summed E-state index contributed by atoms with van der Waals surface area (Å²) < 4.78 is 68.1. The van der Waals surface area contributed by atoms with Crippen molar-refractivity contribution in [1.82, 2.24) is 28.1 Å². The van der Waals surface area contributed by atoms with Crippen LogP contribution >= 0.6 is 23.2 Å². The average molecular weight is 1880 g/mol. The van der Waals surface area contributed by atoms with E-state index in [-0.39, 0.29) is 0 Å². The van der Waals surface area contributed by atoms with Gasteiger partial charge in [-0.3, -0.25) is 0 Å². The van der Waals surface area contributed by atoms with E-state index in [1.807, 2.05) is 56.3 Å². The van der Waals surface area contributed by atoms with Crippen LogP contribution in [0.2, 0.25) is 10.0 Å². The van der Waals surface area contributed by atoms with Crippen molar-refractivity contribution in [2.24, 2.45) is 15.0 Å². The Morgan fingerprint density at radius 3 is 1.08 bits per heavy atom. The minimum atomic E-state index is -3.25. The highest BCUT2D eigenvalue weighted by molar-refractivity contribution is 7.90. The molecule has 0 unspecified atom stereocenters. The number of hydrogen-bond donors (Lipinski definition) is 0. The van der Waals surface area contributed by atoms with Crippen molar-refractivity contribution in [3.05, 3.63) is 211 Å². The molecule has 2 aromatic heterocycles. The zero-order valence-electron chi connectivity index (χ0n) is 83.5. The maximum absolute atomic E-state index is 12.2. The molecule has 0 amide bonds. The molecule has 0 saturated carbocycles. The number of halogens is 2. The van der Waals surface area contributed by atoms with E-state index in [4.69, 9.17) is 60.8 Å². The van der Waals surface area contributed by atoms with E-state index in [1.54, 1.807) is 6.07 Å². The van der Waals surface area contributed by atoms with E-state index in [9.17, 15) is 8.42 Å². The number of guanidine groups is 1. The quantitative estimate of drug-likeness (QED) is 0.0338. The lowest BCUT2D eigenvalue weighted by atomic mass is 10.0. The zero-order valence-corrected chi connectivity index (χ0v) is 86.6. The number of imidazole rings is 2. The summed E-state index contributed by atoms with van der Waals surface area (Å²) in [7, 11) is -3.25. The maximum atomic E-state index is 12.2. The molecule has 131 heavy (non-hydrogen) atoms. The first-order chi connectivity index (χ1) is 63.8. The molecule has 0 spiro atoms. The molecule has 7 aromatic carbocycles. The second-order valence-corrected chi connectivity index (χ2v) is 38.5. The number of sulfone groups is 1. The Hall–Kier alpha value is -7.90. The number of para-hydroxylation sites is 2. The molecule has 726 valence electrons. The predicted octanol–water partition coefficient (Wildman–Crippen LogP) is 29.4. The predicted molar refractivity (Wildman–Crippen MR) is 557 cm³/mol. The van der Waals surface area contributed by atoms with Gasteiger partial charge >= 0.3 is 11.6 Å². The third-order valence-corrected chi connectivity index (χ3v) is 27.0. The van der Waals surface area contributed by atoms with Gasteiger partial charge in [0, 0.05) is 64.2 Å². The van der Waals surface area contributed by atoms with Gasteiger partial charge in [-0.1, -0.05) is 341 Å². The number of hydrogen-bond acceptors (Lipinski definition) is 10. The molecule has 0 N–H and O–H groups in total. The molecule has 9 aromatic rings. The van der Waals surface area contributed by atoms with Gasteiger partial charge in [0.1, 0.15) is 17.2 Å². The lowest BCUT2D eigenvalue weighted by molar-refractivity contribution is 0.301. The number of likely N-dealkylation sites (N-methyl/N-ethyl adjacent to an activating group) is 2. The number of aromatic nitrogens is 4. The molecular formula is C111H169Cl2N9O7S2. The van der Waals surface area contributed by atoms with Gasteiger partial charge in [-0.15, -0.1) is 0 Å². The highest BCUT2D eigenvalue weighted by Crippen LogP contribution is 2.31. The molecule has 16 nitrogen and oxygen atoms in total. The van der Waals surface area contributed by atoms with E-state index in [0.717, 1.165) is 159 Å². The van der Waals surface area contributed by atoms with Gasteiger partial charge in [0.05, 0.1) is 76.5 Å². The van der Waals surface area contributed by atoms with Gasteiger partial charge < -0.3 is 42.3 Å². The molecule has 1 aliphatic rings. The molecule has 1 fully saturated rings. The lowest BCUT2D eigenvalue weighted by Crippen LogP contribution is -2.33. The van der Waals surface area contributed by atoms with E-state index in [2.05, 4.69) is 195 Å². The number of nitrogens with zero attached hydrogens (tertiary/aromatic N) is 9. The summed E-state index contributed by atoms with van der Waals surface area (Å²) in [5.41, 5.74) is 17.1. The van der Waals surface area contributed by atoms with Crippen molar-refractivity contribution in [1.29, 1.82) is 0 Å². The molecule has 1 aliphatic heterocycles. The summed E-state index contributed by atoms with van der Waals surface area (Å²) in [6.45, 7) is 40.4. The van der Waals surface area contributed by atoms with Gasteiger partial charge in [-0.05, 0) is 200 Å². The summed E-state index contributed by atoms with van der Waals surface area (Å²) in [6, 6.07) is 48.3. The molecule has 3 heterocycles. The fraction of sp³-hybridized carbons (Fsp3) is 0.595. The van der Waals surface area contributed by atoms with Crippen molar-refractivity contribution < 1.29 is 31.0 Å². The summed E-state index contributed by atoms with van der Waals surface area (Å²) in [6.07, 6.45) is 51.3. The fourth-order valence-corrected chi connectivity index (χ4v) is 18.6. The highest BCUT2D eigenvalue weighted by Gasteiger charge is 2.24. The Morgan fingerprint density at radius 2 is 0.695 bits per heavy atom. The Kier molecular flexibility index (Phi) is 56.8. The van der Waals surface area contributed by atoms with Crippen molar-refractivity contribution >= 4 is 72.6 Å². The molecular weight excluding hydrogens is 1710 g/mol. The second kappa shape index (κ2) is 66.5. The van der Waals surface area contributed by atoms with E-state index in [0.29, 0.717) is 41.0 Å². The standard InChI is InChI=1S/C30H43Cl2N3.C30H45N3O.C28H42O3S.C23H39N3O.O2S/c1-4-7-8-9-10-11-12-13-14-15-16-24-17-19-25(20-18-24)23-33-30-34(5-2)28-21-26(31)27(32)22-29(28)35(30)6-3;1-4-7-8-9-10-11-12-13-14-17-24-34-27-22-20-26(21-23-27)25-31-30-32(5-2)28-18-15-16-19-29(28)33(30)6-3;1-5-6-7-8-9-10-11-12-13-14-19-31-27-17-15-25(16-18-27)22-26-20-23(2)24(3)21-28(26)32(4,29)30;1-5-8-9-10-11-12-17-27-22-14-13-20(4)18-21(22)19-24-23-25(6-2)15-16-26(23)7-3;1-3-2/h17-22H,4-16,23H2,1-3H3;15-16,18-23H,4-14,17,24-25H2,1-3H3;15-18,20-21H,5-14,19,22H2,1-4H3;13-14,18H,5-12,15-17,19H2,1-4H3;. The molecule has 0 atom stereocenters. The Morgan fingerprint density at radius 1 is 0.351 bits per heavy atom. The van der Waals surface area contributed by atoms with Crippen LogP contribution in [0.25, 0.3) is 22.1 Å². The Labute approximate surface area is 806 Å². The first kappa shape index (κ1) is 112. The Balaban J connectivity index is 0.000000267. The van der Waals surface area contributed by atoms with Crippen LogP contribution in [0.4, 0.5) is 0 Å². The van der Waals surface area contributed by atoms with Crippen LogP contribution in [0.15, 0.2) is 159 Å². The van der Waals surface area contributed by atoms with Gasteiger partial charge in [0.2, 0.25) is 11.2 Å². The first-order valence-corrected chi connectivity index (χ1v) is 54.4. The molecule has 0 bridgehead atoms. The van der Waals surface area contributed by atoms with E-state index < -0.39 is 21.4 Å². The van der Waals surface area contributed by atoms with E-state index >= 15 is 0 Å². The van der Waals surface area contributed by atoms with Crippen molar-refractivity contribution in [2.75, 3.05) is 52.3 Å². The number of unbranched alkanes of at least 4 members (excludes halogenated alkanes) is 32. The smallest absolute Gasteiger partial charge is 0.335 e. The van der Waals surface area contributed by atoms with Crippen LogP contribution in [0.3, 0.4) is 0 Å². The van der Waals surface area contributed by atoms with Gasteiger partial charge in [0.25, 0.3) is 0 Å². The van der Waals surface area contributed by atoms with Crippen molar-refractivity contribution in [3.8, 4) is 17.2 Å². The molecule has 20 heteroatoms. The molecule has 10 rings (SSSR count). The van der Waals surface area contributed by atoms with Crippen LogP contribution in [0, 0.1) is 20.8 Å². The third kappa shape index (κ3) is 41.1. The lowest BCUT2D eigenvalue weighted by Gasteiger charge is -2.21. The van der Waals surface area contributed by atoms with Gasteiger partial charge in [-0.2, -0.15) is 8.42 Å². The SMILES string of the molecule is CCCCCCCCCCCCOc1ccc(CN=c2n(CC)c3ccccc3n2CC)cc1.CCCCCCCCCCCCOc1ccc(Cc2cc(C)c(C)cc2S(C)(=O)=O)cc1.CCCCCCCCCCCCc1ccc(CN=c2n(CC)c3cc(Cl)c(Cl)cc3n2CC)cc1.CCCCCCCCOc1ccc(C)cc1CN=C1N(CC)CCN1CC.O=S=O. The van der Waals surface area contributed by atoms with Gasteiger partial charge in [0.15, 0.2) is 15.8 Å². The van der Waals surface area contributed by atoms with Crippen LogP contribution < -0.4 is 25.4 Å². The van der Waals surface area contributed by atoms with E-state index in [1.165, 1.54) is 263 Å². The van der Waals surface area contributed by atoms with Crippen molar-refractivity contribution in [2.45, 2.75) is 385 Å². The molecule has 1 saturated heterocycles. The molecule has 0 radical (unpaired) electrons. The monoisotopic (exact) mass is 1870 g/mol. The second-order valence-electron chi connectivity index (χ2n) is 35.6. The summed E-state index contributed by atoms with van der Waals surface area (Å²) in [5, 5.41) is 1.17.